The quantitative estimate of drug-likeness (QED) is 0.0665. The predicted molar refractivity (Wildman–Crippen MR) is 147 cm³/mol. The second-order valence-electron chi connectivity index (χ2n) is 10.4. The summed E-state index contributed by atoms with van der Waals surface area (Å²) in [5.74, 6) is -0.709. The number of hydrogen-bond acceptors (Lipinski definition) is 3. The van der Waals surface area contributed by atoms with Gasteiger partial charge in [-0.3, -0.25) is 9.59 Å². The summed E-state index contributed by atoms with van der Waals surface area (Å²) < 4.78 is 5.44. The van der Waals surface area contributed by atoms with Gasteiger partial charge in [-0.05, 0) is 25.7 Å². The Morgan fingerprint density at radius 1 is 0.576 bits per heavy atom. The second kappa shape index (κ2) is 19.8. The lowest BCUT2D eigenvalue weighted by molar-refractivity contribution is -0.169. The first-order valence-electron chi connectivity index (χ1n) is 14.3. The lowest BCUT2D eigenvalue weighted by Gasteiger charge is -2.47. The fourth-order valence-electron chi connectivity index (χ4n) is 5.30. The molecule has 0 heterocycles. The van der Waals surface area contributed by atoms with Gasteiger partial charge < -0.3 is 4.74 Å². The van der Waals surface area contributed by atoms with E-state index in [2.05, 4.69) is 36.9 Å². The molecule has 0 saturated heterocycles. The summed E-state index contributed by atoms with van der Waals surface area (Å²) in [5.41, 5.74) is -0.580. The maximum absolute atomic E-state index is 13.8. The van der Waals surface area contributed by atoms with Crippen molar-refractivity contribution in [2.75, 3.05) is 0 Å². The standard InChI is InChI=1S/C29H57O3P/c1-6-10-14-18-22-28(23-19-15-11-7-2,27(31)32-26(5)30)29(33,24-20-16-12-8-3)25-21-17-13-9-4/h6-25,33H2,1-5H3. The largest absolute Gasteiger partial charge is 0.393 e. The van der Waals surface area contributed by atoms with Crippen molar-refractivity contribution in [2.24, 2.45) is 5.41 Å². The van der Waals surface area contributed by atoms with E-state index >= 15 is 0 Å². The molecule has 0 aromatic carbocycles. The Bertz CT molecular complexity index is 479. The number of esters is 2. The molecule has 0 N–H and O–H groups in total. The molecule has 0 aromatic heterocycles. The lowest BCUT2D eigenvalue weighted by Crippen LogP contribution is -2.51. The number of rotatable bonds is 22. The molecule has 0 aromatic rings. The van der Waals surface area contributed by atoms with Crippen molar-refractivity contribution in [1.82, 2.24) is 0 Å². The molecule has 1 unspecified atom stereocenters. The molecule has 33 heavy (non-hydrogen) atoms. The fourth-order valence-corrected chi connectivity index (χ4v) is 6.12. The van der Waals surface area contributed by atoms with Crippen LogP contribution in [0.3, 0.4) is 0 Å². The van der Waals surface area contributed by atoms with Crippen molar-refractivity contribution in [3.63, 3.8) is 0 Å². The van der Waals surface area contributed by atoms with E-state index in [1.807, 2.05) is 0 Å². The summed E-state index contributed by atoms with van der Waals surface area (Å²) in [6.07, 6.45) is 22.5. The minimum absolute atomic E-state index is 0.195. The maximum atomic E-state index is 13.8. The molecule has 0 fully saturated rings. The third kappa shape index (κ3) is 12.7. The molecule has 0 saturated carbocycles. The normalized spacial score (nSPS) is 12.2. The van der Waals surface area contributed by atoms with Crippen LogP contribution >= 0.6 is 9.24 Å². The fraction of sp³-hybridized carbons (Fsp3) is 0.931. The van der Waals surface area contributed by atoms with Crippen LogP contribution in [0.25, 0.3) is 0 Å². The van der Waals surface area contributed by atoms with Crippen molar-refractivity contribution in [1.29, 1.82) is 0 Å². The van der Waals surface area contributed by atoms with Gasteiger partial charge in [0.05, 0.1) is 5.41 Å². The predicted octanol–water partition coefficient (Wildman–Crippen LogP) is 9.56. The van der Waals surface area contributed by atoms with Gasteiger partial charge in [-0.25, -0.2) is 0 Å². The van der Waals surface area contributed by atoms with E-state index < -0.39 is 11.4 Å². The molecule has 0 rings (SSSR count). The molecule has 4 heteroatoms. The van der Waals surface area contributed by atoms with E-state index in [0.717, 1.165) is 64.2 Å². The Hall–Kier alpha value is -0.430. The highest BCUT2D eigenvalue weighted by atomic mass is 31.0. The molecule has 1 atom stereocenters. The van der Waals surface area contributed by atoms with Crippen LogP contribution in [0, 0.1) is 5.41 Å². The number of unbranched alkanes of at least 4 members (excludes halogenated alkanes) is 12. The molecule has 3 nitrogen and oxygen atoms in total. The summed E-state index contributed by atoms with van der Waals surface area (Å²) in [6.45, 7) is 10.3. The Morgan fingerprint density at radius 3 is 1.21 bits per heavy atom. The van der Waals surface area contributed by atoms with Gasteiger partial charge in [0.25, 0.3) is 0 Å². The van der Waals surface area contributed by atoms with E-state index in [-0.39, 0.29) is 11.1 Å². The van der Waals surface area contributed by atoms with Crippen LogP contribution < -0.4 is 0 Å². The van der Waals surface area contributed by atoms with Crippen LogP contribution in [0.1, 0.15) is 163 Å². The van der Waals surface area contributed by atoms with E-state index in [9.17, 15) is 9.59 Å². The highest BCUT2D eigenvalue weighted by molar-refractivity contribution is 7.19. The van der Waals surface area contributed by atoms with Crippen molar-refractivity contribution < 1.29 is 14.3 Å². The first-order chi connectivity index (χ1) is 15.8. The van der Waals surface area contributed by atoms with Crippen LogP contribution in [0.5, 0.6) is 0 Å². The van der Waals surface area contributed by atoms with Crippen LogP contribution in [-0.2, 0) is 14.3 Å². The molecule has 0 radical (unpaired) electrons. The van der Waals surface area contributed by atoms with E-state index in [4.69, 9.17) is 4.74 Å². The van der Waals surface area contributed by atoms with Crippen LogP contribution in [0.15, 0.2) is 0 Å². The van der Waals surface area contributed by atoms with Gasteiger partial charge in [0, 0.05) is 12.1 Å². The smallest absolute Gasteiger partial charge is 0.320 e. The molecule has 0 aliphatic carbocycles. The molecule has 0 amide bonds. The van der Waals surface area contributed by atoms with Crippen LogP contribution in [0.4, 0.5) is 0 Å². The van der Waals surface area contributed by atoms with Crippen molar-refractivity contribution in [3.05, 3.63) is 0 Å². The zero-order valence-electron chi connectivity index (χ0n) is 22.9. The molecule has 196 valence electrons. The van der Waals surface area contributed by atoms with Crippen molar-refractivity contribution >= 4 is 21.2 Å². The van der Waals surface area contributed by atoms with E-state index in [1.54, 1.807) is 0 Å². The van der Waals surface area contributed by atoms with Gasteiger partial charge >= 0.3 is 11.9 Å². The Balaban J connectivity index is 6.05. The van der Waals surface area contributed by atoms with Crippen LogP contribution in [-0.4, -0.2) is 17.1 Å². The zero-order valence-corrected chi connectivity index (χ0v) is 24.1. The Kier molecular flexibility index (Phi) is 19.6. The summed E-state index contributed by atoms with van der Waals surface area (Å²) in [4.78, 5) is 25.7. The SMILES string of the molecule is CCCCCCC(P)(CCCCCC)C(CCCCCC)(CCCCCC)C(=O)OC(C)=O. The summed E-state index contributed by atoms with van der Waals surface area (Å²) >= 11 is 0. The second-order valence-corrected chi connectivity index (χ2v) is 11.5. The van der Waals surface area contributed by atoms with Gasteiger partial charge in [0.15, 0.2) is 0 Å². The molecular weight excluding hydrogens is 427 g/mol. The third-order valence-corrected chi connectivity index (χ3v) is 8.58. The molecule has 0 aliphatic heterocycles. The average Bonchev–Trinajstić information content (AvgIpc) is 2.78. The van der Waals surface area contributed by atoms with Gasteiger partial charge in [0.1, 0.15) is 0 Å². The third-order valence-electron chi connectivity index (χ3n) is 7.45. The van der Waals surface area contributed by atoms with Crippen molar-refractivity contribution in [2.45, 2.75) is 168 Å². The van der Waals surface area contributed by atoms with Gasteiger partial charge in [0.2, 0.25) is 0 Å². The van der Waals surface area contributed by atoms with E-state index in [0.29, 0.717) is 0 Å². The Morgan fingerprint density at radius 2 is 0.909 bits per heavy atom. The number of ether oxygens (including phenoxy) is 1. The summed E-state index contributed by atoms with van der Waals surface area (Å²) in [5, 5.41) is -0.195. The van der Waals surface area contributed by atoms with Crippen molar-refractivity contribution in [3.8, 4) is 0 Å². The molecule has 0 bridgehead atoms. The van der Waals surface area contributed by atoms with Crippen LogP contribution in [0.2, 0.25) is 0 Å². The topological polar surface area (TPSA) is 43.4 Å². The lowest BCUT2D eigenvalue weighted by atomic mass is 9.64. The molecule has 0 spiro atoms. The minimum Gasteiger partial charge on any atom is -0.393 e. The zero-order chi connectivity index (χ0) is 25.0. The van der Waals surface area contributed by atoms with E-state index in [1.165, 1.54) is 71.1 Å². The van der Waals surface area contributed by atoms with Gasteiger partial charge in [-0.15, -0.1) is 9.24 Å². The first-order valence-corrected chi connectivity index (χ1v) is 14.9. The number of hydrogen-bond donors (Lipinski definition) is 0. The summed E-state index contributed by atoms with van der Waals surface area (Å²) in [7, 11) is 3.20. The summed E-state index contributed by atoms with van der Waals surface area (Å²) in [6, 6.07) is 0. The van der Waals surface area contributed by atoms with Gasteiger partial charge in [-0.1, -0.05) is 130 Å². The average molecular weight is 485 g/mol. The monoisotopic (exact) mass is 484 g/mol. The Labute approximate surface area is 209 Å². The minimum atomic E-state index is -0.580. The maximum Gasteiger partial charge on any atom is 0.320 e. The molecule has 0 aliphatic rings. The highest BCUT2D eigenvalue weighted by Crippen LogP contribution is 2.53. The highest BCUT2D eigenvalue weighted by Gasteiger charge is 2.53. The molecular formula is C29H57O3P. The number of carbonyl (C=O) groups is 2. The number of carbonyl (C=O) groups excluding carboxylic acids is 2. The first kappa shape index (κ1) is 32.6. The van der Waals surface area contributed by atoms with Gasteiger partial charge in [-0.2, -0.15) is 0 Å².